The summed E-state index contributed by atoms with van der Waals surface area (Å²) in [6, 6.07) is 10.4. The van der Waals surface area contributed by atoms with Gasteiger partial charge in [-0.2, -0.15) is 0 Å². The summed E-state index contributed by atoms with van der Waals surface area (Å²) in [5, 5.41) is 0. The Bertz CT molecular complexity index is 1160. The van der Waals surface area contributed by atoms with Crippen molar-refractivity contribution in [3.05, 3.63) is 93.1 Å². The molecule has 1 aliphatic rings. The maximum Gasteiger partial charge on any atom is 0.127 e. The molecular formula is C36H50O2. The molecule has 1 heterocycles. The van der Waals surface area contributed by atoms with Crippen LogP contribution in [0.1, 0.15) is 107 Å². The van der Waals surface area contributed by atoms with Crippen LogP contribution in [-0.4, -0.2) is 5.60 Å². The van der Waals surface area contributed by atoms with Crippen LogP contribution in [0, 0.1) is 20.8 Å². The lowest BCUT2D eigenvalue weighted by Gasteiger charge is -2.38. The Morgan fingerprint density at radius 2 is 1.47 bits per heavy atom. The molecule has 2 aromatic carbocycles. The van der Waals surface area contributed by atoms with E-state index >= 15 is 0 Å². The fourth-order valence-corrected chi connectivity index (χ4v) is 5.37. The second kappa shape index (κ2) is 13.9. The predicted molar refractivity (Wildman–Crippen MR) is 163 cm³/mol. The van der Waals surface area contributed by atoms with Gasteiger partial charge in [0.15, 0.2) is 0 Å². The van der Waals surface area contributed by atoms with Crippen LogP contribution >= 0.6 is 0 Å². The lowest BCUT2D eigenvalue weighted by molar-refractivity contribution is 0.0557. The van der Waals surface area contributed by atoms with Crippen molar-refractivity contribution in [2.45, 2.75) is 119 Å². The lowest BCUT2D eigenvalue weighted by atomic mass is 9.85. The van der Waals surface area contributed by atoms with Crippen molar-refractivity contribution in [1.29, 1.82) is 0 Å². The fourth-order valence-electron chi connectivity index (χ4n) is 5.37. The zero-order valence-corrected chi connectivity index (χ0v) is 25.3. The highest BCUT2D eigenvalue weighted by molar-refractivity contribution is 5.59. The molecule has 0 spiro atoms. The summed E-state index contributed by atoms with van der Waals surface area (Å²) in [4.78, 5) is 0. The minimum absolute atomic E-state index is 0.124. The smallest absolute Gasteiger partial charge is 0.127 e. The van der Waals surface area contributed by atoms with Gasteiger partial charge in [0, 0.05) is 5.56 Å². The molecule has 0 amide bonds. The van der Waals surface area contributed by atoms with Crippen LogP contribution < -0.4 is 9.47 Å². The third-order valence-corrected chi connectivity index (χ3v) is 8.08. The number of hydrogen-bond donors (Lipinski definition) is 0. The van der Waals surface area contributed by atoms with Crippen molar-refractivity contribution < 1.29 is 9.47 Å². The van der Waals surface area contributed by atoms with E-state index in [2.05, 4.69) is 97.9 Å². The quantitative estimate of drug-likeness (QED) is 0.262. The van der Waals surface area contributed by atoms with Gasteiger partial charge in [0.25, 0.3) is 0 Å². The zero-order valence-electron chi connectivity index (χ0n) is 25.3. The first kappa shape index (κ1) is 29.8. The van der Waals surface area contributed by atoms with Crippen molar-refractivity contribution in [2.75, 3.05) is 0 Å². The van der Waals surface area contributed by atoms with E-state index in [1.54, 1.807) is 0 Å². The molecular weight excluding hydrogens is 464 g/mol. The first-order chi connectivity index (χ1) is 18.1. The Hall–Kier alpha value is -2.74. The molecule has 0 aliphatic carbocycles. The highest BCUT2D eigenvalue weighted by atomic mass is 16.5. The van der Waals surface area contributed by atoms with Gasteiger partial charge >= 0.3 is 0 Å². The van der Waals surface area contributed by atoms with Crippen LogP contribution in [0.3, 0.4) is 0 Å². The van der Waals surface area contributed by atoms with Crippen molar-refractivity contribution >= 4 is 0 Å². The minimum Gasteiger partial charge on any atom is -0.488 e. The van der Waals surface area contributed by atoms with E-state index in [9.17, 15) is 0 Å². The average Bonchev–Trinajstić information content (AvgIpc) is 2.87. The number of fused-ring (bicyclic) bond motifs is 1. The molecule has 206 valence electrons. The maximum atomic E-state index is 6.78. The van der Waals surface area contributed by atoms with Crippen LogP contribution in [0.15, 0.2) is 65.3 Å². The van der Waals surface area contributed by atoms with E-state index in [0.717, 1.165) is 56.4 Å². The van der Waals surface area contributed by atoms with Crippen molar-refractivity contribution in [3.8, 4) is 11.5 Å². The Kier molecular flexibility index (Phi) is 10.9. The second-order valence-corrected chi connectivity index (χ2v) is 11.8. The van der Waals surface area contributed by atoms with Crippen LogP contribution in [0.5, 0.6) is 11.5 Å². The number of allylic oxidation sites excluding steroid dienone is 6. The third kappa shape index (κ3) is 8.38. The third-order valence-electron chi connectivity index (χ3n) is 8.08. The standard InChI is InChI=1S/C36H50O2/c1-26(2)15-12-16-27(3)17-13-18-28(4)19-14-23-36(8)24-22-33-31(7)34(29(5)30(6)35(33)38-36)37-25-32-20-10-9-11-21-32/h9-11,15,17,19-21H,12-14,16,18,22-25H2,1-8H3/b27-17+,28-19+/t36-/m1/s1. The van der Waals surface area contributed by atoms with Crippen LogP contribution in [0.2, 0.25) is 0 Å². The molecule has 0 fully saturated rings. The largest absolute Gasteiger partial charge is 0.488 e. The highest BCUT2D eigenvalue weighted by Crippen LogP contribution is 2.45. The lowest BCUT2D eigenvalue weighted by Crippen LogP contribution is -2.37. The Balaban J connectivity index is 1.57. The molecule has 2 aromatic rings. The van der Waals surface area contributed by atoms with Gasteiger partial charge in [-0.25, -0.2) is 0 Å². The molecule has 2 heteroatoms. The SMILES string of the molecule is CC(C)=CCC/C(C)=C/CC/C(C)=C/CC[C@]1(C)CCc2c(C)c(OCc3ccccc3)c(C)c(C)c2O1. The van der Waals surface area contributed by atoms with Crippen LogP contribution in [-0.2, 0) is 13.0 Å². The molecule has 0 N–H and O–H groups in total. The summed E-state index contributed by atoms with van der Waals surface area (Å²) in [5.41, 5.74) is 10.5. The number of hydrogen-bond acceptors (Lipinski definition) is 2. The molecule has 38 heavy (non-hydrogen) atoms. The predicted octanol–water partition coefficient (Wildman–Crippen LogP) is 10.5. The Labute approximate surface area is 232 Å². The summed E-state index contributed by atoms with van der Waals surface area (Å²) < 4.78 is 13.1. The van der Waals surface area contributed by atoms with Crippen molar-refractivity contribution in [3.63, 3.8) is 0 Å². The van der Waals surface area contributed by atoms with Gasteiger partial charge in [0.2, 0.25) is 0 Å². The van der Waals surface area contributed by atoms with Crippen LogP contribution in [0.4, 0.5) is 0 Å². The highest BCUT2D eigenvalue weighted by Gasteiger charge is 2.34. The van der Waals surface area contributed by atoms with E-state index in [1.807, 2.05) is 6.07 Å². The maximum absolute atomic E-state index is 6.78. The molecule has 3 rings (SSSR count). The van der Waals surface area contributed by atoms with E-state index < -0.39 is 0 Å². The zero-order chi connectivity index (χ0) is 27.7. The van der Waals surface area contributed by atoms with Gasteiger partial charge in [-0.15, -0.1) is 0 Å². The van der Waals surface area contributed by atoms with E-state index in [4.69, 9.17) is 9.47 Å². The molecule has 0 saturated heterocycles. The van der Waals surface area contributed by atoms with Crippen molar-refractivity contribution in [2.24, 2.45) is 0 Å². The average molecular weight is 515 g/mol. The summed E-state index contributed by atoms with van der Waals surface area (Å²) in [6.07, 6.45) is 16.0. The Morgan fingerprint density at radius 3 is 2.13 bits per heavy atom. The van der Waals surface area contributed by atoms with E-state index in [0.29, 0.717) is 6.61 Å². The number of ether oxygens (including phenoxy) is 2. The second-order valence-electron chi connectivity index (χ2n) is 11.8. The number of benzene rings is 2. The van der Waals surface area contributed by atoms with Gasteiger partial charge in [0.1, 0.15) is 23.7 Å². The Morgan fingerprint density at radius 1 is 0.842 bits per heavy atom. The fraction of sp³-hybridized carbons (Fsp3) is 0.500. The first-order valence-electron chi connectivity index (χ1n) is 14.5. The van der Waals surface area contributed by atoms with Gasteiger partial charge in [-0.1, -0.05) is 65.3 Å². The van der Waals surface area contributed by atoms with Crippen LogP contribution in [0.25, 0.3) is 0 Å². The first-order valence-corrected chi connectivity index (χ1v) is 14.5. The normalized spacial score (nSPS) is 17.6. The molecule has 0 radical (unpaired) electrons. The number of rotatable bonds is 12. The molecule has 0 bridgehead atoms. The molecule has 0 saturated carbocycles. The summed E-state index contributed by atoms with van der Waals surface area (Å²) in [6.45, 7) is 18.3. The molecule has 0 aromatic heterocycles. The summed E-state index contributed by atoms with van der Waals surface area (Å²) >= 11 is 0. The molecule has 1 atom stereocenters. The summed E-state index contributed by atoms with van der Waals surface area (Å²) in [5.74, 6) is 2.12. The summed E-state index contributed by atoms with van der Waals surface area (Å²) in [7, 11) is 0. The monoisotopic (exact) mass is 514 g/mol. The van der Waals surface area contributed by atoms with E-state index in [-0.39, 0.29) is 5.60 Å². The molecule has 1 aliphatic heterocycles. The van der Waals surface area contributed by atoms with Gasteiger partial charge in [0.05, 0.1) is 0 Å². The van der Waals surface area contributed by atoms with Crippen molar-refractivity contribution in [1.82, 2.24) is 0 Å². The molecule has 2 nitrogen and oxygen atoms in total. The topological polar surface area (TPSA) is 18.5 Å². The van der Waals surface area contributed by atoms with Gasteiger partial charge in [-0.05, 0) is 129 Å². The molecule has 0 unspecified atom stereocenters. The van der Waals surface area contributed by atoms with E-state index in [1.165, 1.54) is 51.0 Å². The van der Waals surface area contributed by atoms with Gasteiger partial charge < -0.3 is 9.47 Å². The van der Waals surface area contributed by atoms with Gasteiger partial charge in [-0.3, -0.25) is 0 Å². The minimum atomic E-state index is -0.124.